The quantitative estimate of drug-likeness (QED) is 0.339. The Balaban J connectivity index is 2.83. The fourth-order valence-electron chi connectivity index (χ4n) is 1.16. The van der Waals surface area contributed by atoms with Crippen LogP contribution in [-0.2, 0) is 11.2 Å². The van der Waals surface area contributed by atoms with Gasteiger partial charge in [-0.05, 0) is 17.7 Å². The number of nitrogens with zero attached hydrogens (tertiary/aromatic N) is 2. The Hall–Kier alpha value is -0.670. The average Bonchev–Trinajstić information content (AvgIpc) is 2.18. The van der Waals surface area contributed by atoms with Crippen molar-refractivity contribution in [2.75, 3.05) is 0 Å². The van der Waals surface area contributed by atoms with Gasteiger partial charge in [0.05, 0.1) is 6.42 Å². The van der Waals surface area contributed by atoms with Crippen LogP contribution in [0.3, 0.4) is 0 Å². The van der Waals surface area contributed by atoms with Crippen LogP contribution in [0.15, 0.2) is 24.3 Å². The van der Waals surface area contributed by atoms with Crippen molar-refractivity contribution in [1.29, 1.82) is 0 Å². The Bertz CT molecular complexity index is 422. The zero-order valence-corrected chi connectivity index (χ0v) is 11.8. The number of hydrazine groups is 1. The number of rotatable bonds is 3. The van der Waals surface area contributed by atoms with E-state index in [-0.39, 0.29) is 8.62 Å². The van der Waals surface area contributed by atoms with Gasteiger partial charge in [0.1, 0.15) is 5.82 Å². The van der Waals surface area contributed by atoms with Crippen LogP contribution in [0.1, 0.15) is 5.56 Å². The second-order valence-electron chi connectivity index (χ2n) is 3.19. The highest BCUT2D eigenvalue weighted by Crippen LogP contribution is 2.28. The molecule has 9 heteroatoms. The van der Waals surface area contributed by atoms with Crippen LogP contribution < -0.4 is 0 Å². The molecule has 0 aliphatic heterocycles. The molecule has 0 aromatic heterocycles. The van der Waals surface area contributed by atoms with Gasteiger partial charge < -0.3 is 0 Å². The number of hydrogen-bond donors (Lipinski definition) is 0. The summed E-state index contributed by atoms with van der Waals surface area (Å²) in [7, 11) is 0. The summed E-state index contributed by atoms with van der Waals surface area (Å²) in [6, 6.07) is 4.63. The third-order valence-electron chi connectivity index (χ3n) is 1.90. The number of hydrogen-bond acceptors (Lipinski definition) is 2. The summed E-state index contributed by atoms with van der Waals surface area (Å²) in [5, 5.41) is -0.462. The van der Waals surface area contributed by atoms with E-state index in [0.717, 1.165) is 12.1 Å². The number of benzene rings is 1. The molecule has 1 amide bonds. The highest BCUT2D eigenvalue weighted by atomic mass is 79.9. The SMILES string of the molecule is O=C(Cc1ccc(F)cc1)N(N(Br)Br)C(F)(F)F. The summed E-state index contributed by atoms with van der Waals surface area (Å²) in [4.78, 5) is 11.5. The average molecular weight is 394 g/mol. The van der Waals surface area contributed by atoms with Crippen LogP contribution >= 0.6 is 32.3 Å². The molecule has 1 aromatic rings. The third-order valence-corrected chi connectivity index (χ3v) is 2.53. The minimum Gasteiger partial charge on any atom is -0.273 e. The van der Waals surface area contributed by atoms with Crippen molar-refractivity contribution in [2.45, 2.75) is 12.7 Å². The van der Waals surface area contributed by atoms with Crippen molar-refractivity contribution in [3.8, 4) is 0 Å². The van der Waals surface area contributed by atoms with Crippen molar-refractivity contribution in [3.63, 3.8) is 0 Å². The van der Waals surface area contributed by atoms with Crippen LogP contribution in [0.4, 0.5) is 17.6 Å². The maximum atomic E-state index is 12.6. The summed E-state index contributed by atoms with van der Waals surface area (Å²) in [5.74, 6) is -1.75. The summed E-state index contributed by atoms with van der Waals surface area (Å²) in [6.07, 6.45) is -5.38. The summed E-state index contributed by atoms with van der Waals surface area (Å²) in [6.45, 7) is 0. The first kappa shape index (κ1) is 15.4. The highest BCUT2D eigenvalue weighted by Gasteiger charge is 2.44. The molecular weight excluding hydrogens is 388 g/mol. The first-order chi connectivity index (χ1) is 8.21. The lowest BCUT2D eigenvalue weighted by atomic mass is 10.1. The number of halogens is 6. The number of alkyl halides is 3. The smallest absolute Gasteiger partial charge is 0.273 e. The molecule has 100 valence electrons. The van der Waals surface area contributed by atoms with Gasteiger partial charge in [0.2, 0.25) is 5.91 Å². The van der Waals surface area contributed by atoms with Crippen LogP contribution in [0.25, 0.3) is 0 Å². The predicted molar refractivity (Wildman–Crippen MR) is 62.7 cm³/mol. The third kappa shape index (κ3) is 4.21. The van der Waals surface area contributed by atoms with Gasteiger partial charge in [-0.3, -0.25) is 4.79 Å². The van der Waals surface area contributed by atoms with Gasteiger partial charge in [-0.15, -0.1) is 13.2 Å². The minimum absolute atomic E-state index is 0.275. The van der Waals surface area contributed by atoms with E-state index < -0.39 is 29.5 Å². The van der Waals surface area contributed by atoms with Gasteiger partial charge in [0.25, 0.3) is 0 Å². The first-order valence-corrected chi connectivity index (χ1v) is 5.89. The predicted octanol–water partition coefficient (Wildman–Crippen LogP) is 3.55. The van der Waals surface area contributed by atoms with Crippen molar-refractivity contribution in [3.05, 3.63) is 35.6 Å². The van der Waals surface area contributed by atoms with Crippen molar-refractivity contribution < 1.29 is 22.4 Å². The number of carbonyl (C=O) groups excluding carboxylic acids is 1. The fourth-order valence-corrected chi connectivity index (χ4v) is 1.88. The molecule has 1 rings (SSSR count). The highest BCUT2D eigenvalue weighted by molar-refractivity contribution is 9.21. The van der Waals surface area contributed by atoms with Gasteiger partial charge in [0, 0.05) is 32.3 Å². The Morgan fingerprint density at radius 1 is 1.17 bits per heavy atom. The molecule has 0 aliphatic carbocycles. The van der Waals surface area contributed by atoms with E-state index in [2.05, 4.69) is 32.3 Å². The van der Waals surface area contributed by atoms with E-state index in [9.17, 15) is 22.4 Å². The molecule has 0 saturated heterocycles. The monoisotopic (exact) mass is 392 g/mol. The molecule has 0 fully saturated rings. The van der Waals surface area contributed by atoms with E-state index in [1.165, 1.54) is 12.1 Å². The summed E-state index contributed by atoms with van der Waals surface area (Å²) in [5.41, 5.74) is 0.275. The number of amides is 1. The minimum atomic E-state index is -4.87. The van der Waals surface area contributed by atoms with Gasteiger partial charge in [-0.1, -0.05) is 15.2 Å². The second kappa shape index (κ2) is 5.98. The first-order valence-electron chi connectivity index (χ1n) is 4.47. The maximum absolute atomic E-state index is 12.6. The van der Waals surface area contributed by atoms with Gasteiger partial charge >= 0.3 is 6.30 Å². The van der Waals surface area contributed by atoms with E-state index >= 15 is 0 Å². The molecule has 1 aromatic carbocycles. The standard InChI is InChI=1S/C9H6Br2F4N2O/c10-17(11)16(9(13,14)15)8(18)5-6-1-3-7(12)4-2-6/h1-4H,5H2. The van der Waals surface area contributed by atoms with Crippen molar-refractivity contribution in [1.82, 2.24) is 8.07 Å². The van der Waals surface area contributed by atoms with Crippen molar-refractivity contribution >= 4 is 38.2 Å². The molecule has 0 atom stereocenters. The molecule has 0 saturated carbocycles. The fraction of sp³-hybridized carbons (Fsp3) is 0.222. The van der Waals surface area contributed by atoms with E-state index in [0.29, 0.717) is 0 Å². The molecule has 0 spiro atoms. The Kier molecular flexibility index (Phi) is 5.11. The van der Waals surface area contributed by atoms with Gasteiger partial charge in [0.15, 0.2) is 0 Å². The summed E-state index contributed by atoms with van der Waals surface area (Å²) < 4.78 is 50.5. The van der Waals surface area contributed by atoms with Crippen LogP contribution in [0.2, 0.25) is 0 Å². The Morgan fingerprint density at radius 3 is 2.06 bits per heavy atom. The second-order valence-corrected chi connectivity index (χ2v) is 5.49. The normalized spacial score (nSPS) is 11.7. The summed E-state index contributed by atoms with van der Waals surface area (Å²) >= 11 is 4.95. The topological polar surface area (TPSA) is 23.6 Å². The molecule has 3 nitrogen and oxygen atoms in total. The largest absolute Gasteiger partial charge is 0.503 e. The van der Waals surface area contributed by atoms with Crippen LogP contribution in [0.5, 0.6) is 0 Å². The van der Waals surface area contributed by atoms with E-state index in [4.69, 9.17) is 0 Å². The Morgan fingerprint density at radius 2 is 1.67 bits per heavy atom. The molecule has 0 N–H and O–H groups in total. The Labute approximate surface area is 117 Å². The molecule has 0 heterocycles. The molecule has 18 heavy (non-hydrogen) atoms. The van der Waals surface area contributed by atoms with Crippen LogP contribution in [0, 0.1) is 5.82 Å². The zero-order chi connectivity index (χ0) is 13.9. The van der Waals surface area contributed by atoms with Gasteiger partial charge in [-0.2, -0.15) is 5.01 Å². The van der Waals surface area contributed by atoms with Crippen LogP contribution in [-0.4, -0.2) is 20.3 Å². The molecule has 0 radical (unpaired) electrons. The van der Waals surface area contributed by atoms with Crippen molar-refractivity contribution in [2.24, 2.45) is 0 Å². The lowest BCUT2D eigenvalue weighted by Gasteiger charge is -2.26. The van der Waals surface area contributed by atoms with E-state index in [1.54, 1.807) is 0 Å². The molecule has 0 aliphatic rings. The molecule has 0 unspecified atom stereocenters. The zero-order valence-electron chi connectivity index (χ0n) is 8.59. The van der Waals surface area contributed by atoms with Gasteiger partial charge in [-0.25, -0.2) is 4.39 Å². The lowest BCUT2D eigenvalue weighted by Crippen LogP contribution is -2.47. The molecular formula is C9H6Br2F4N2O. The van der Waals surface area contributed by atoms with E-state index in [1.807, 2.05) is 0 Å². The maximum Gasteiger partial charge on any atom is 0.503 e. The molecule has 0 bridgehead atoms. The lowest BCUT2D eigenvalue weighted by molar-refractivity contribution is -0.262. The number of carbonyl (C=O) groups is 1.